The number of para-hydroxylation sites is 3. The maximum atomic E-state index is 10.5. The van der Waals surface area contributed by atoms with Gasteiger partial charge in [0, 0.05) is 16.2 Å². The number of hydrogen-bond donors (Lipinski definition) is 0. The van der Waals surface area contributed by atoms with Crippen molar-refractivity contribution in [2.24, 2.45) is 0 Å². The average Bonchev–Trinajstić information content (AvgIpc) is 2.97. The van der Waals surface area contributed by atoms with Crippen molar-refractivity contribution in [3.63, 3.8) is 0 Å². The molecule has 0 atom stereocenters. The number of pyridine rings is 3. The maximum Gasteiger partial charge on any atom is 3.00 e. The van der Waals surface area contributed by atoms with Gasteiger partial charge in [0.1, 0.15) is 0 Å². The first-order chi connectivity index (χ1) is 18.8. The molecule has 0 aliphatic heterocycles. The number of carboxylic acids is 3. The van der Waals surface area contributed by atoms with E-state index in [2.05, 4.69) is 15.0 Å². The van der Waals surface area contributed by atoms with E-state index >= 15 is 0 Å². The fourth-order valence-corrected chi connectivity index (χ4v) is 3.54. The van der Waals surface area contributed by atoms with Gasteiger partial charge in [-0.25, -0.2) is 15.0 Å². The summed E-state index contributed by atoms with van der Waals surface area (Å²) in [7, 11) is 0. The van der Waals surface area contributed by atoms with Gasteiger partial charge < -0.3 is 29.7 Å². The van der Waals surface area contributed by atoms with Crippen molar-refractivity contribution in [1.29, 1.82) is 0 Å². The van der Waals surface area contributed by atoms with Gasteiger partial charge in [0.2, 0.25) is 0 Å². The first kappa shape index (κ1) is 29.5. The third-order valence-corrected chi connectivity index (χ3v) is 5.42. The van der Waals surface area contributed by atoms with Crippen LogP contribution in [0.5, 0.6) is 0 Å². The molecule has 0 saturated carbocycles. The first-order valence-electron chi connectivity index (χ1n) is 11.5. The van der Waals surface area contributed by atoms with Crippen LogP contribution in [0.1, 0.15) is 31.5 Å². The van der Waals surface area contributed by atoms with Crippen LogP contribution in [-0.2, 0) is 20.1 Å². The average molecular weight is 709 g/mol. The van der Waals surface area contributed by atoms with Gasteiger partial charge in [0.15, 0.2) is 0 Å². The van der Waals surface area contributed by atoms with Crippen LogP contribution in [0.4, 0.5) is 0 Å². The van der Waals surface area contributed by atoms with Crippen LogP contribution < -0.4 is 15.3 Å². The minimum Gasteiger partial charge on any atom is -0.543 e. The number of fused-ring (bicyclic) bond motifs is 3. The second-order valence-electron chi connectivity index (χ2n) is 8.03. The van der Waals surface area contributed by atoms with Crippen molar-refractivity contribution in [3.05, 3.63) is 126 Å². The third-order valence-electron chi connectivity index (χ3n) is 5.42. The van der Waals surface area contributed by atoms with Crippen LogP contribution in [-0.4, -0.2) is 32.9 Å². The van der Waals surface area contributed by atoms with Crippen LogP contribution in [0.2, 0.25) is 0 Å². The SMILES string of the molecule is O=C([O-])c1ccc2ccccc2n1.O=C([O-])c1ccc2ccccc2n1.O=C([O-])c1ccc2ccccc2n1.[Ir+3]. The van der Waals surface area contributed by atoms with Crippen molar-refractivity contribution >= 4 is 50.6 Å². The van der Waals surface area contributed by atoms with Gasteiger partial charge in [0.05, 0.1) is 51.5 Å². The number of benzene rings is 3. The predicted octanol–water partition coefficient (Wildman–Crippen LogP) is 1.79. The number of carbonyl (C=O) groups excluding carboxylic acids is 3. The van der Waals surface area contributed by atoms with Crippen molar-refractivity contribution in [3.8, 4) is 0 Å². The van der Waals surface area contributed by atoms with Crippen molar-refractivity contribution in [2.75, 3.05) is 0 Å². The van der Waals surface area contributed by atoms with E-state index in [-0.39, 0.29) is 37.2 Å². The fourth-order valence-electron chi connectivity index (χ4n) is 3.54. The second kappa shape index (κ2) is 13.7. The Labute approximate surface area is 241 Å². The number of nitrogens with zero attached hydrogens (tertiary/aromatic N) is 3. The van der Waals surface area contributed by atoms with Crippen LogP contribution in [0, 0.1) is 0 Å². The summed E-state index contributed by atoms with van der Waals surface area (Å²) in [5, 5.41) is 34.2. The Bertz CT molecular complexity index is 1610. The topological polar surface area (TPSA) is 159 Å². The van der Waals surface area contributed by atoms with E-state index in [1.165, 1.54) is 18.2 Å². The predicted molar refractivity (Wildman–Crippen MR) is 138 cm³/mol. The molecule has 198 valence electrons. The number of rotatable bonds is 3. The molecule has 3 heterocycles. The molecule has 40 heavy (non-hydrogen) atoms. The zero-order chi connectivity index (χ0) is 27.8. The molecule has 3 aromatic heterocycles. The van der Waals surface area contributed by atoms with Gasteiger partial charge in [0.25, 0.3) is 0 Å². The quantitative estimate of drug-likeness (QED) is 0.267. The molecule has 0 aliphatic carbocycles. The summed E-state index contributed by atoms with van der Waals surface area (Å²) in [4.78, 5) is 43.2. The number of carbonyl (C=O) groups is 3. The second-order valence-corrected chi connectivity index (χ2v) is 8.03. The van der Waals surface area contributed by atoms with Gasteiger partial charge in [-0.2, -0.15) is 0 Å². The van der Waals surface area contributed by atoms with Gasteiger partial charge in [-0.1, -0.05) is 72.8 Å². The molecule has 3 aromatic carbocycles. The zero-order valence-electron chi connectivity index (χ0n) is 20.5. The molecule has 0 fully saturated rings. The minimum atomic E-state index is -1.24. The van der Waals surface area contributed by atoms with Crippen LogP contribution >= 0.6 is 0 Å². The Balaban J connectivity index is 0.000000163. The number of carboxylic acid groups (broad SMARTS) is 3. The Hall–Kier alpha value is -5.05. The Morgan fingerprint density at radius 1 is 0.400 bits per heavy atom. The van der Waals surface area contributed by atoms with Crippen LogP contribution in [0.3, 0.4) is 0 Å². The monoisotopic (exact) mass is 709 g/mol. The van der Waals surface area contributed by atoms with Crippen molar-refractivity contribution in [2.45, 2.75) is 0 Å². The number of aromatic nitrogens is 3. The van der Waals surface area contributed by atoms with Crippen LogP contribution in [0.25, 0.3) is 32.7 Å². The molecule has 0 amide bonds. The van der Waals surface area contributed by atoms with Crippen molar-refractivity contribution in [1.82, 2.24) is 15.0 Å². The molecular formula is C30H18IrN3O6. The Morgan fingerprint density at radius 2 is 0.650 bits per heavy atom. The normalized spacial score (nSPS) is 9.90. The molecule has 6 aromatic rings. The molecule has 0 aliphatic rings. The third kappa shape index (κ3) is 7.50. The standard InChI is InChI=1S/3C10H7NO2.Ir/c3*12-10(13)9-6-5-7-3-1-2-4-8(7)11-9;/h3*1-6H,(H,12,13);/q;;;+3/p-3. The van der Waals surface area contributed by atoms with E-state index in [0.29, 0.717) is 16.6 Å². The summed E-state index contributed by atoms with van der Waals surface area (Å²) in [5.41, 5.74) is 1.92. The molecular weight excluding hydrogens is 691 g/mol. The summed E-state index contributed by atoms with van der Waals surface area (Å²) < 4.78 is 0. The first-order valence-corrected chi connectivity index (χ1v) is 11.5. The van der Waals surface area contributed by atoms with Gasteiger partial charge in [-0.05, 0) is 36.4 Å². The fraction of sp³-hybridized carbons (Fsp3) is 0. The summed E-state index contributed by atoms with van der Waals surface area (Å²) >= 11 is 0. The minimum absolute atomic E-state index is 0. The molecule has 0 unspecified atom stereocenters. The van der Waals surface area contributed by atoms with Gasteiger partial charge in [-0.15, -0.1) is 0 Å². The summed E-state index contributed by atoms with van der Waals surface area (Å²) in [6.45, 7) is 0. The smallest absolute Gasteiger partial charge is 0.543 e. The largest absolute Gasteiger partial charge is 3.00 e. The number of aromatic carboxylic acids is 3. The Kier molecular flexibility index (Phi) is 10.1. The van der Waals surface area contributed by atoms with E-state index in [1.54, 1.807) is 36.4 Å². The molecule has 9 nitrogen and oxygen atoms in total. The molecule has 6 rings (SSSR count). The maximum absolute atomic E-state index is 10.5. The molecule has 0 spiro atoms. The van der Waals surface area contributed by atoms with E-state index in [4.69, 9.17) is 0 Å². The summed E-state index contributed by atoms with van der Waals surface area (Å²) in [5.74, 6) is -3.73. The van der Waals surface area contributed by atoms with Gasteiger partial charge >= 0.3 is 20.1 Å². The van der Waals surface area contributed by atoms with E-state index in [0.717, 1.165) is 16.2 Å². The van der Waals surface area contributed by atoms with Crippen molar-refractivity contribution < 1.29 is 49.8 Å². The Morgan fingerprint density at radius 3 is 0.900 bits per heavy atom. The molecule has 0 bridgehead atoms. The summed E-state index contributed by atoms with van der Waals surface area (Å²) in [6, 6.07) is 31.5. The number of hydrogen-bond acceptors (Lipinski definition) is 9. The summed E-state index contributed by atoms with van der Waals surface area (Å²) in [6.07, 6.45) is 0. The molecule has 0 saturated heterocycles. The molecule has 0 radical (unpaired) electrons. The van der Waals surface area contributed by atoms with Gasteiger partial charge in [-0.3, -0.25) is 0 Å². The van der Waals surface area contributed by atoms with E-state index in [1.807, 2.05) is 54.6 Å². The zero-order valence-corrected chi connectivity index (χ0v) is 22.9. The van der Waals surface area contributed by atoms with E-state index in [9.17, 15) is 29.7 Å². The van der Waals surface area contributed by atoms with Crippen LogP contribution in [0.15, 0.2) is 109 Å². The van der Waals surface area contributed by atoms with E-state index < -0.39 is 17.9 Å². The molecule has 0 N–H and O–H groups in total. The molecule has 10 heteroatoms.